The van der Waals surface area contributed by atoms with E-state index in [-0.39, 0.29) is 24.0 Å². The van der Waals surface area contributed by atoms with Gasteiger partial charge < -0.3 is 15.1 Å². The molecule has 0 aromatic carbocycles. The second kappa shape index (κ2) is 9.19. The van der Waals surface area contributed by atoms with Gasteiger partial charge in [0.25, 0.3) is 0 Å². The number of hydrogen-bond donors (Lipinski definition) is 1. The average molecular weight is 422 g/mol. The summed E-state index contributed by atoms with van der Waals surface area (Å²) in [6.07, 6.45) is 2.74. The Bertz CT molecular complexity index is 467. The average Bonchev–Trinajstić information content (AvgIpc) is 2.97. The predicted octanol–water partition coefficient (Wildman–Crippen LogP) is 1.60. The Morgan fingerprint density at radius 1 is 1.43 bits per heavy atom. The van der Waals surface area contributed by atoms with Crippen molar-refractivity contribution >= 4 is 46.6 Å². The Labute approximate surface area is 147 Å². The number of guanidine groups is 1. The SMILES string of the molecule is C=CCNC(=NC)N1CCN(c2nc(CC)ns2)CC1.I. The van der Waals surface area contributed by atoms with Crippen LogP contribution in [0.4, 0.5) is 5.13 Å². The molecule has 0 radical (unpaired) electrons. The van der Waals surface area contributed by atoms with Gasteiger partial charge >= 0.3 is 0 Å². The summed E-state index contributed by atoms with van der Waals surface area (Å²) in [4.78, 5) is 13.4. The van der Waals surface area contributed by atoms with Gasteiger partial charge in [0.05, 0.1) is 0 Å². The Morgan fingerprint density at radius 2 is 2.14 bits per heavy atom. The third kappa shape index (κ3) is 4.80. The van der Waals surface area contributed by atoms with Crippen LogP contribution < -0.4 is 10.2 Å². The number of anilines is 1. The van der Waals surface area contributed by atoms with Crippen LogP contribution in [0.2, 0.25) is 0 Å². The number of nitrogens with one attached hydrogen (secondary N) is 1. The summed E-state index contributed by atoms with van der Waals surface area (Å²) in [6.45, 7) is 10.3. The molecule has 6 nitrogen and oxygen atoms in total. The van der Waals surface area contributed by atoms with Crippen LogP contribution in [-0.4, -0.2) is 60.0 Å². The number of aryl methyl sites for hydroxylation is 1. The second-order valence-corrected chi connectivity index (χ2v) is 5.27. The number of piperazine rings is 1. The molecule has 0 saturated carbocycles. The van der Waals surface area contributed by atoms with Gasteiger partial charge in [-0.3, -0.25) is 4.99 Å². The number of aromatic nitrogens is 2. The van der Waals surface area contributed by atoms with Crippen molar-refractivity contribution in [3.63, 3.8) is 0 Å². The number of rotatable bonds is 4. The summed E-state index contributed by atoms with van der Waals surface area (Å²) in [6, 6.07) is 0. The summed E-state index contributed by atoms with van der Waals surface area (Å²) in [7, 11) is 1.82. The molecule has 1 fully saturated rings. The van der Waals surface area contributed by atoms with Gasteiger partial charge in [0.2, 0.25) is 5.13 Å². The highest BCUT2D eigenvalue weighted by molar-refractivity contribution is 14.0. The lowest BCUT2D eigenvalue weighted by atomic mass is 10.3. The fraction of sp³-hybridized carbons (Fsp3) is 0.615. The smallest absolute Gasteiger partial charge is 0.205 e. The molecule has 2 heterocycles. The highest BCUT2D eigenvalue weighted by atomic mass is 127. The van der Waals surface area contributed by atoms with Gasteiger partial charge in [-0.15, -0.1) is 30.6 Å². The van der Waals surface area contributed by atoms with E-state index in [0.717, 1.165) is 56.1 Å². The highest BCUT2D eigenvalue weighted by Gasteiger charge is 2.21. The maximum Gasteiger partial charge on any atom is 0.205 e. The van der Waals surface area contributed by atoms with E-state index in [1.165, 1.54) is 11.5 Å². The third-order valence-electron chi connectivity index (χ3n) is 3.24. The Hall–Kier alpha value is -0.900. The molecule has 0 atom stereocenters. The molecule has 1 aromatic rings. The molecule has 0 bridgehead atoms. The topological polar surface area (TPSA) is 56.7 Å². The van der Waals surface area contributed by atoms with Gasteiger partial charge in [0, 0.05) is 57.7 Å². The van der Waals surface area contributed by atoms with Crippen molar-refractivity contribution in [2.45, 2.75) is 13.3 Å². The fourth-order valence-corrected chi connectivity index (χ4v) is 2.92. The monoisotopic (exact) mass is 422 g/mol. The van der Waals surface area contributed by atoms with E-state index in [4.69, 9.17) is 0 Å². The van der Waals surface area contributed by atoms with Crippen molar-refractivity contribution in [1.29, 1.82) is 0 Å². The molecule has 2 rings (SSSR count). The summed E-state index contributed by atoms with van der Waals surface area (Å²) in [5.74, 6) is 1.88. The zero-order valence-corrected chi connectivity index (χ0v) is 15.7. The summed E-state index contributed by atoms with van der Waals surface area (Å²) in [5.41, 5.74) is 0. The number of nitrogens with zero attached hydrogens (tertiary/aromatic N) is 5. The van der Waals surface area contributed by atoms with Crippen molar-refractivity contribution in [1.82, 2.24) is 19.6 Å². The standard InChI is InChI=1S/C13H22N6S.HI/c1-4-6-15-12(14-3)18-7-9-19(10-8-18)13-16-11(5-2)17-20-13;/h4H,1,5-10H2,2-3H3,(H,14,15);1H. The number of aliphatic imine (C=N–C) groups is 1. The molecular weight excluding hydrogens is 399 g/mol. The molecule has 0 unspecified atom stereocenters. The lowest BCUT2D eigenvalue weighted by Crippen LogP contribution is -2.52. The first kappa shape index (κ1) is 18.1. The molecular formula is C13H23IN6S. The lowest BCUT2D eigenvalue weighted by molar-refractivity contribution is 0.374. The van der Waals surface area contributed by atoms with Crippen molar-refractivity contribution in [3.05, 3.63) is 18.5 Å². The Balaban J connectivity index is 0.00000220. The minimum atomic E-state index is 0. The molecule has 8 heteroatoms. The van der Waals surface area contributed by atoms with E-state index < -0.39 is 0 Å². The maximum atomic E-state index is 4.55. The first-order chi connectivity index (χ1) is 9.78. The second-order valence-electron chi connectivity index (χ2n) is 4.54. The van der Waals surface area contributed by atoms with Gasteiger partial charge in [-0.05, 0) is 0 Å². The summed E-state index contributed by atoms with van der Waals surface area (Å²) >= 11 is 1.50. The van der Waals surface area contributed by atoms with Crippen molar-refractivity contribution < 1.29 is 0 Å². The zero-order chi connectivity index (χ0) is 14.4. The van der Waals surface area contributed by atoms with Crippen LogP contribution in [0.5, 0.6) is 0 Å². The molecule has 1 saturated heterocycles. The minimum absolute atomic E-state index is 0. The maximum absolute atomic E-state index is 4.55. The molecule has 1 aliphatic rings. The summed E-state index contributed by atoms with van der Waals surface area (Å²) < 4.78 is 4.35. The van der Waals surface area contributed by atoms with Crippen LogP contribution in [0.25, 0.3) is 0 Å². The molecule has 21 heavy (non-hydrogen) atoms. The first-order valence-electron chi connectivity index (χ1n) is 6.92. The van der Waals surface area contributed by atoms with E-state index in [9.17, 15) is 0 Å². The molecule has 1 N–H and O–H groups in total. The molecule has 0 amide bonds. The fourth-order valence-electron chi connectivity index (χ4n) is 2.12. The first-order valence-corrected chi connectivity index (χ1v) is 7.69. The molecule has 118 valence electrons. The third-order valence-corrected chi connectivity index (χ3v) is 4.05. The van der Waals surface area contributed by atoms with Crippen LogP contribution in [0, 0.1) is 0 Å². The van der Waals surface area contributed by atoms with E-state index in [2.05, 4.69) is 43.0 Å². The molecule has 0 spiro atoms. The van der Waals surface area contributed by atoms with Crippen LogP contribution in [0.15, 0.2) is 17.6 Å². The van der Waals surface area contributed by atoms with E-state index in [1.807, 2.05) is 13.1 Å². The quantitative estimate of drug-likeness (QED) is 0.346. The van der Waals surface area contributed by atoms with Crippen molar-refractivity contribution in [2.24, 2.45) is 4.99 Å². The Morgan fingerprint density at radius 3 is 2.67 bits per heavy atom. The Kier molecular flexibility index (Phi) is 7.94. The number of hydrogen-bond acceptors (Lipinski definition) is 5. The van der Waals surface area contributed by atoms with Gasteiger partial charge in [0.1, 0.15) is 5.82 Å². The van der Waals surface area contributed by atoms with Gasteiger partial charge in [-0.25, -0.2) is 4.98 Å². The lowest BCUT2D eigenvalue weighted by Gasteiger charge is -2.36. The van der Waals surface area contributed by atoms with Gasteiger partial charge in [-0.2, -0.15) is 4.37 Å². The van der Waals surface area contributed by atoms with E-state index >= 15 is 0 Å². The highest BCUT2D eigenvalue weighted by Crippen LogP contribution is 2.19. The molecule has 1 aromatic heterocycles. The van der Waals surface area contributed by atoms with Crippen LogP contribution in [-0.2, 0) is 6.42 Å². The summed E-state index contributed by atoms with van der Waals surface area (Å²) in [5, 5.41) is 4.31. The van der Waals surface area contributed by atoms with Crippen molar-refractivity contribution in [2.75, 3.05) is 44.7 Å². The largest absolute Gasteiger partial charge is 0.353 e. The van der Waals surface area contributed by atoms with E-state index in [1.54, 1.807) is 0 Å². The molecule has 1 aliphatic heterocycles. The van der Waals surface area contributed by atoms with Crippen molar-refractivity contribution in [3.8, 4) is 0 Å². The molecule has 0 aliphatic carbocycles. The van der Waals surface area contributed by atoms with Gasteiger partial charge in [0.15, 0.2) is 5.96 Å². The van der Waals surface area contributed by atoms with Gasteiger partial charge in [-0.1, -0.05) is 13.0 Å². The van der Waals surface area contributed by atoms with E-state index in [0.29, 0.717) is 0 Å². The normalized spacial score (nSPS) is 15.6. The predicted molar refractivity (Wildman–Crippen MR) is 100 cm³/mol. The van der Waals surface area contributed by atoms with Crippen LogP contribution in [0.1, 0.15) is 12.7 Å². The van der Waals surface area contributed by atoms with Crippen LogP contribution >= 0.6 is 35.5 Å². The van der Waals surface area contributed by atoms with Crippen LogP contribution in [0.3, 0.4) is 0 Å². The zero-order valence-electron chi connectivity index (χ0n) is 12.6. The minimum Gasteiger partial charge on any atom is -0.353 e. The number of halogens is 1.